The predicted molar refractivity (Wildman–Crippen MR) is 69.5 cm³/mol. The average Bonchev–Trinajstić information content (AvgIpc) is 2.97. The van der Waals surface area contributed by atoms with E-state index in [1.807, 2.05) is 0 Å². The van der Waals surface area contributed by atoms with Gasteiger partial charge in [-0.25, -0.2) is 0 Å². The van der Waals surface area contributed by atoms with Crippen molar-refractivity contribution in [3.05, 3.63) is 0 Å². The molecular formula is C14H26N2O. The first-order valence-electron chi connectivity index (χ1n) is 7.01. The van der Waals surface area contributed by atoms with Crippen molar-refractivity contribution in [1.82, 2.24) is 5.32 Å². The monoisotopic (exact) mass is 238 g/mol. The molecular weight excluding hydrogens is 212 g/mol. The summed E-state index contributed by atoms with van der Waals surface area (Å²) in [5.74, 6) is 0.774. The van der Waals surface area contributed by atoms with Gasteiger partial charge in [-0.2, -0.15) is 0 Å². The fourth-order valence-electron chi connectivity index (χ4n) is 3.01. The molecule has 0 aromatic heterocycles. The van der Waals surface area contributed by atoms with Crippen LogP contribution in [0, 0.1) is 11.3 Å². The Morgan fingerprint density at radius 1 is 1.41 bits per heavy atom. The van der Waals surface area contributed by atoms with E-state index in [2.05, 4.69) is 19.2 Å². The van der Waals surface area contributed by atoms with Gasteiger partial charge >= 0.3 is 0 Å². The highest BCUT2D eigenvalue weighted by atomic mass is 16.1. The maximum atomic E-state index is 11.9. The molecule has 2 unspecified atom stereocenters. The molecule has 3 heteroatoms. The summed E-state index contributed by atoms with van der Waals surface area (Å²) in [5, 5.41) is 3.17. The average molecular weight is 238 g/mol. The van der Waals surface area contributed by atoms with Crippen molar-refractivity contribution in [3.8, 4) is 0 Å². The Kier molecular flexibility index (Phi) is 3.76. The number of amides is 1. The van der Waals surface area contributed by atoms with Gasteiger partial charge in [-0.1, -0.05) is 20.3 Å². The summed E-state index contributed by atoms with van der Waals surface area (Å²) in [6.45, 7) is 4.59. The molecule has 0 aromatic rings. The molecule has 3 nitrogen and oxygen atoms in total. The third kappa shape index (κ3) is 3.98. The van der Waals surface area contributed by atoms with Crippen molar-refractivity contribution in [2.24, 2.45) is 17.1 Å². The van der Waals surface area contributed by atoms with Gasteiger partial charge in [0.15, 0.2) is 0 Å². The lowest BCUT2D eigenvalue weighted by Crippen LogP contribution is -2.42. The van der Waals surface area contributed by atoms with Crippen molar-refractivity contribution < 1.29 is 4.79 Å². The fraction of sp³-hybridized carbons (Fsp3) is 0.929. The van der Waals surface area contributed by atoms with Crippen molar-refractivity contribution in [2.75, 3.05) is 0 Å². The van der Waals surface area contributed by atoms with Gasteiger partial charge in [0.1, 0.15) is 0 Å². The number of hydrogen-bond donors (Lipinski definition) is 2. The van der Waals surface area contributed by atoms with E-state index in [-0.39, 0.29) is 11.9 Å². The third-order valence-corrected chi connectivity index (χ3v) is 4.22. The van der Waals surface area contributed by atoms with E-state index < -0.39 is 0 Å². The Hall–Kier alpha value is -0.570. The quantitative estimate of drug-likeness (QED) is 0.789. The molecule has 0 spiro atoms. The van der Waals surface area contributed by atoms with Gasteiger partial charge in [0.25, 0.3) is 0 Å². The molecule has 17 heavy (non-hydrogen) atoms. The Morgan fingerprint density at radius 3 is 2.71 bits per heavy atom. The highest BCUT2D eigenvalue weighted by Crippen LogP contribution is 2.35. The van der Waals surface area contributed by atoms with E-state index in [1.54, 1.807) is 0 Å². The number of carbonyl (C=O) groups is 1. The van der Waals surface area contributed by atoms with Crippen LogP contribution in [-0.4, -0.2) is 18.0 Å². The number of hydrogen-bond acceptors (Lipinski definition) is 2. The molecule has 0 saturated heterocycles. The van der Waals surface area contributed by atoms with Gasteiger partial charge in [0.05, 0.1) is 0 Å². The second-order valence-electron chi connectivity index (χ2n) is 6.73. The molecule has 0 aromatic carbocycles. The van der Waals surface area contributed by atoms with Crippen LogP contribution in [0.4, 0.5) is 0 Å². The number of nitrogens with two attached hydrogens (primary N) is 1. The summed E-state index contributed by atoms with van der Waals surface area (Å²) in [6, 6.07) is 0.462. The first kappa shape index (κ1) is 12.9. The zero-order valence-electron chi connectivity index (χ0n) is 11.2. The number of nitrogens with one attached hydrogen (secondary N) is 1. The Morgan fingerprint density at radius 2 is 2.12 bits per heavy atom. The van der Waals surface area contributed by atoms with E-state index in [0.717, 1.165) is 12.8 Å². The molecule has 98 valence electrons. The summed E-state index contributed by atoms with van der Waals surface area (Å²) in [7, 11) is 0. The van der Waals surface area contributed by atoms with E-state index in [0.29, 0.717) is 23.8 Å². The van der Waals surface area contributed by atoms with Crippen LogP contribution in [0.5, 0.6) is 0 Å². The third-order valence-electron chi connectivity index (χ3n) is 4.22. The molecule has 0 aliphatic heterocycles. The van der Waals surface area contributed by atoms with E-state index in [1.165, 1.54) is 25.7 Å². The minimum Gasteiger partial charge on any atom is -0.353 e. The Bertz CT molecular complexity index is 284. The molecule has 2 fully saturated rings. The summed E-state index contributed by atoms with van der Waals surface area (Å²) >= 11 is 0. The smallest absolute Gasteiger partial charge is 0.221 e. The lowest BCUT2D eigenvalue weighted by Gasteiger charge is -2.35. The molecule has 0 radical (unpaired) electrons. The van der Waals surface area contributed by atoms with E-state index in [9.17, 15) is 4.79 Å². The van der Waals surface area contributed by atoms with Crippen LogP contribution in [-0.2, 0) is 4.79 Å². The Labute approximate surface area is 105 Å². The molecule has 2 rings (SSSR count). The van der Waals surface area contributed by atoms with Gasteiger partial charge in [0.2, 0.25) is 5.91 Å². The maximum absolute atomic E-state index is 11.9. The van der Waals surface area contributed by atoms with Gasteiger partial charge in [-0.3, -0.25) is 4.79 Å². The predicted octanol–water partition coefficient (Wildman–Crippen LogP) is 2.20. The van der Waals surface area contributed by atoms with E-state index >= 15 is 0 Å². The summed E-state index contributed by atoms with van der Waals surface area (Å²) < 4.78 is 0. The van der Waals surface area contributed by atoms with Crippen LogP contribution in [0.25, 0.3) is 0 Å². The first-order valence-corrected chi connectivity index (χ1v) is 7.01. The molecule has 3 N–H and O–H groups in total. The molecule has 2 aliphatic carbocycles. The fourth-order valence-corrected chi connectivity index (χ4v) is 3.01. The zero-order valence-corrected chi connectivity index (χ0v) is 11.2. The largest absolute Gasteiger partial charge is 0.353 e. The minimum atomic E-state index is 0.0894. The normalized spacial score (nSPS) is 29.7. The highest BCUT2D eigenvalue weighted by molar-refractivity contribution is 5.77. The second kappa shape index (κ2) is 4.97. The standard InChI is InChI=1S/C14H26N2O/c1-14(2)7-3-4-11(9-14)16-13(17)8-12(15)10-5-6-10/h10-12H,3-9,15H2,1-2H3,(H,16,17). The molecule has 2 aliphatic rings. The summed E-state index contributed by atoms with van der Waals surface area (Å²) in [5.41, 5.74) is 6.36. The van der Waals surface area contributed by atoms with Crippen LogP contribution < -0.4 is 11.1 Å². The first-order chi connectivity index (χ1) is 7.96. The highest BCUT2D eigenvalue weighted by Gasteiger charge is 2.32. The Balaban J connectivity index is 1.73. The van der Waals surface area contributed by atoms with Crippen LogP contribution in [0.2, 0.25) is 0 Å². The van der Waals surface area contributed by atoms with E-state index in [4.69, 9.17) is 5.73 Å². The van der Waals surface area contributed by atoms with Crippen molar-refractivity contribution in [2.45, 2.75) is 70.9 Å². The second-order valence-corrected chi connectivity index (χ2v) is 6.73. The molecule has 0 heterocycles. The summed E-state index contributed by atoms with van der Waals surface area (Å²) in [4.78, 5) is 11.9. The topological polar surface area (TPSA) is 55.1 Å². The molecule has 0 bridgehead atoms. The van der Waals surface area contributed by atoms with Gasteiger partial charge < -0.3 is 11.1 Å². The van der Waals surface area contributed by atoms with Gasteiger partial charge in [-0.15, -0.1) is 0 Å². The number of rotatable bonds is 4. The SMILES string of the molecule is CC1(C)CCCC(NC(=O)CC(N)C2CC2)C1. The molecule has 2 saturated carbocycles. The van der Waals surface area contributed by atoms with Crippen molar-refractivity contribution in [1.29, 1.82) is 0 Å². The lowest BCUT2D eigenvalue weighted by atomic mass is 9.75. The number of carbonyl (C=O) groups excluding carboxylic acids is 1. The zero-order chi connectivity index (χ0) is 12.5. The lowest BCUT2D eigenvalue weighted by molar-refractivity contribution is -0.122. The summed E-state index contributed by atoms with van der Waals surface area (Å²) in [6.07, 6.45) is 7.69. The molecule has 2 atom stereocenters. The van der Waals surface area contributed by atoms with Crippen LogP contribution in [0.3, 0.4) is 0 Å². The van der Waals surface area contributed by atoms with Crippen LogP contribution in [0.15, 0.2) is 0 Å². The van der Waals surface area contributed by atoms with Crippen molar-refractivity contribution >= 4 is 5.91 Å². The maximum Gasteiger partial charge on any atom is 0.221 e. The van der Waals surface area contributed by atoms with Crippen LogP contribution >= 0.6 is 0 Å². The van der Waals surface area contributed by atoms with Crippen molar-refractivity contribution in [3.63, 3.8) is 0 Å². The van der Waals surface area contributed by atoms with Crippen LogP contribution in [0.1, 0.15) is 58.8 Å². The molecule has 1 amide bonds. The minimum absolute atomic E-state index is 0.0894. The van der Waals surface area contributed by atoms with Gasteiger partial charge in [0, 0.05) is 18.5 Å². The van der Waals surface area contributed by atoms with Gasteiger partial charge in [-0.05, 0) is 43.4 Å².